The second-order valence-electron chi connectivity index (χ2n) is 4.20. The van der Waals surface area contributed by atoms with Crippen LogP contribution in [0.4, 0.5) is 0 Å². The second kappa shape index (κ2) is 5.68. The van der Waals surface area contributed by atoms with Crippen LogP contribution in [0, 0.1) is 0 Å². The molecular formula is C13H19N3O. The van der Waals surface area contributed by atoms with Gasteiger partial charge in [-0.3, -0.25) is 4.68 Å². The van der Waals surface area contributed by atoms with Gasteiger partial charge in [0.2, 0.25) is 0 Å². The van der Waals surface area contributed by atoms with E-state index in [0.29, 0.717) is 6.04 Å². The van der Waals surface area contributed by atoms with Crippen molar-refractivity contribution in [1.82, 2.24) is 15.1 Å². The van der Waals surface area contributed by atoms with Gasteiger partial charge in [0, 0.05) is 31.7 Å². The average molecular weight is 233 g/mol. The zero-order chi connectivity index (χ0) is 12.1. The lowest BCUT2D eigenvalue weighted by Gasteiger charge is -2.13. The van der Waals surface area contributed by atoms with Crippen molar-refractivity contribution < 1.29 is 4.42 Å². The Kier molecular flexibility index (Phi) is 3.98. The van der Waals surface area contributed by atoms with Gasteiger partial charge in [-0.25, -0.2) is 0 Å². The van der Waals surface area contributed by atoms with Crippen LogP contribution in [-0.4, -0.2) is 15.8 Å². The summed E-state index contributed by atoms with van der Waals surface area (Å²) in [5.41, 5.74) is 1.22. The first-order valence-electron chi connectivity index (χ1n) is 6.06. The highest BCUT2D eigenvalue weighted by atomic mass is 16.3. The van der Waals surface area contributed by atoms with Crippen molar-refractivity contribution in [2.24, 2.45) is 0 Å². The van der Waals surface area contributed by atoms with Crippen LogP contribution in [0.2, 0.25) is 0 Å². The SMILES string of the molecule is CCn1nccc1CNC(C)Cc1ccco1. The summed E-state index contributed by atoms with van der Waals surface area (Å²) >= 11 is 0. The highest BCUT2D eigenvalue weighted by Crippen LogP contribution is 2.05. The number of hydrogen-bond donors (Lipinski definition) is 1. The largest absolute Gasteiger partial charge is 0.469 e. The molecule has 0 aliphatic heterocycles. The summed E-state index contributed by atoms with van der Waals surface area (Å²) in [7, 11) is 0. The van der Waals surface area contributed by atoms with Crippen LogP contribution in [0.1, 0.15) is 25.3 Å². The van der Waals surface area contributed by atoms with E-state index in [2.05, 4.69) is 30.3 Å². The fourth-order valence-electron chi connectivity index (χ4n) is 1.88. The minimum absolute atomic E-state index is 0.390. The highest BCUT2D eigenvalue weighted by molar-refractivity contribution is 5.02. The van der Waals surface area contributed by atoms with Gasteiger partial charge in [0.15, 0.2) is 0 Å². The van der Waals surface area contributed by atoms with Crippen molar-refractivity contribution >= 4 is 0 Å². The minimum atomic E-state index is 0.390. The molecule has 0 amide bonds. The van der Waals surface area contributed by atoms with Crippen molar-refractivity contribution in [3.63, 3.8) is 0 Å². The third kappa shape index (κ3) is 3.20. The molecular weight excluding hydrogens is 214 g/mol. The Morgan fingerprint density at radius 2 is 2.35 bits per heavy atom. The van der Waals surface area contributed by atoms with Crippen LogP contribution in [0.5, 0.6) is 0 Å². The molecule has 1 N–H and O–H groups in total. The first-order valence-corrected chi connectivity index (χ1v) is 6.06. The Hall–Kier alpha value is -1.55. The molecule has 1 atom stereocenters. The summed E-state index contributed by atoms with van der Waals surface area (Å²) in [5.74, 6) is 1.02. The van der Waals surface area contributed by atoms with Crippen molar-refractivity contribution in [3.05, 3.63) is 42.1 Å². The maximum atomic E-state index is 5.33. The summed E-state index contributed by atoms with van der Waals surface area (Å²) in [6.45, 7) is 6.02. The van der Waals surface area contributed by atoms with E-state index >= 15 is 0 Å². The molecule has 1 unspecified atom stereocenters. The van der Waals surface area contributed by atoms with Gasteiger partial charge in [-0.1, -0.05) is 0 Å². The van der Waals surface area contributed by atoms with E-state index in [-0.39, 0.29) is 0 Å². The van der Waals surface area contributed by atoms with E-state index in [1.54, 1.807) is 6.26 Å². The maximum Gasteiger partial charge on any atom is 0.105 e. The van der Waals surface area contributed by atoms with E-state index in [0.717, 1.165) is 25.3 Å². The van der Waals surface area contributed by atoms with Crippen molar-refractivity contribution in [2.45, 2.75) is 39.4 Å². The lowest BCUT2D eigenvalue weighted by molar-refractivity contribution is 0.449. The molecule has 4 heteroatoms. The summed E-state index contributed by atoms with van der Waals surface area (Å²) in [6.07, 6.45) is 4.47. The van der Waals surface area contributed by atoms with Gasteiger partial charge < -0.3 is 9.73 Å². The molecule has 0 saturated carbocycles. The molecule has 0 saturated heterocycles. The topological polar surface area (TPSA) is 43.0 Å². The number of nitrogens with one attached hydrogen (secondary N) is 1. The normalized spacial score (nSPS) is 12.8. The van der Waals surface area contributed by atoms with Crippen molar-refractivity contribution in [1.29, 1.82) is 0 Å². The molecule has 0 aromatic carbocycles. The van der Waals surface area contributed by atoms with Crippen molar-refractivity contribution in [2.75, 3.05) is 0 Å². The molecule has 0 aliphatic carbocycles. The van der Waals surface area contributed by atoms with E-state index in [9.17, 15) is 0 Å². The first kappa shape index (κ1) is 11.9. The maximum absolute atomic E-state index is 5.33. The summed E-state index contributed by atoms with van der Waals surface area (Å²) in [6, 6.07) is 6.38. The van der Waals surface area contributed by atoms with Gasteiger partial charge >= 0.3 is 0 Å². The predicted molar refractivity (Wildman–Crippen MR) is 66.6 cm³/mol. The van der Waals surface area contributed by atoms with E-state index < -0.39 is 0 Å². The molecule has 92 valence electrons. The van der Waals surface area contributed by atoms with Crippen LogP contribution < -0.4 is 5.32 Å². The Bertz CT molecular complexity index is 433. The highest BCUT2D eigenvalue weighted by Gasteiger charge is 2.06. The van der Waals surface area contributed by atoms with Gasteiger partial charge in [0.25, 0.3) is 0 Å². The molecule has 2 aromatic heterocycles. The number of aryl methyl sites for hydroxylation is 1. The Labute approximate surface area is 102 Å². The molecule has 2 rings (SSSR count). The molecule has 0 radical (unpaired) electrons. The number of furan rings is 1. The Balaban J connectivity index is 1.82. The van der Waals surface area contributed by atoms with Crippen molar-refractivity contribution in [3.8, 4) is 0 Å². The molecule has 0 fully saturated rings. The molecule has 0 bridgehead atoms. The molecule has 0 aliphatic rings. The fourth-order valence-corrected chi connectivity index (χ4v) is 1.88. The van der Waals surface area contributed by atoms with Crippen LogP contribution in [-0.2, 0) is 19.5 Å². The zero-order valence-corrected chi connectivity index (χ0v) is 10.4. The number of rotatable bonds is 6. The van der Waals surface area contributed by atoms with Crippen LogP contribution in [0.3, 0.4) is 0 Å². The van der Waals surface area contributed by atoms with E-state index in [4.69, 9.17) is 4.42 Å². The smallest absolute Gasteiger partial charge is 0.105 e. The summed E-state index contributed by atoms with van der Waals surface area (Å²) in [4.78, 5) is 0. The Morgan fingerprint density at radius 1 is 1.47 bits per heavy atom. The van der Waals surface area contributed by atoms with Gasteiger partial charge in [-0.15, -0.1) is 0 Å². The molecule has 4 nitrogen and oxygen atoms in total. The number of aromatic nitrogens is 2. The third-order valence-corrected chi connectivity index (χ3v) is 2.82. The van der Waals surface area contributed by atoms with Gasteiger partial charge in [-0.05, 0) is 32.0 Å². The zero-order valence-electron chi connectivity index (χ0n) is 10.4. The third-order valence-electron chi connectivity index (χ3n) is 2.82. The number of hydrogen-bond acceptors (Lipinski definition) is 3. The summed E-state index contributed by atoms with van der Waals surface area (Å²) < 4.78 is 7.34. The lowest BCUT2D eigenvalue weighted by Crippen LogP contribution is -2.28. The predicted octanol–water partition coefficient (Wildman–Crippen LogP) is 2.22. The average Bonchev–Trinajstić information content (AvgIpc) is 2.96. The van der Waals surface area contributed by atoms with Gasteiger partial charge in [-0.2, -0.15) is 5.10 Å². The number of nitrogens with zero attached hydrogens (tertiary/aromatic N) is 2. The van der Waals surface area contributed by atoms with Crippen LogP contribution in [0.25, 0.3) is 0 Å². The molecule has 2 aromatic rings. The van der Waals surface area contributed by atoms with Gasteiger partial charge in [0.1, 0.15) is 5.76 Å². The first-order chi connectivity index (χ1) is 8.29. The minimum Gasteiger partial charge on any atom is -0.469 e. The fraction of sp³-hybridized carbons (Fsp3) is 0.462. The van der Waals surface area contributed by atoms with Crippen LogP contribution in [0.15, 0.2) is 35.1 Å². The monoisotopic (exact) mass is 233 g/mol. The van der Waals surface area contributed by atoms with E-state index in [1.807, 2.05) is 23.0 Å². The van der Waals surface area contributed by atoms with Gasteiger partial charge in [0.05, 0.1) is 12.0 Å². The molecule has 2 heterocycles. The Morgan fingerprint density at radius 3 is 3.06 bits per heavy atom. The quantitative estimate of drug-likeness (QED) is 0.832. The standard InChI is InChI=1S/C13H19N3O/c1-3-16-12(6-7-15-16)10-14-11(2)9-13-5-4-8-17-13/h4-8,11,14H,3,9-10H2,1-2H3. The van der Waals surface area contributed by atoms with Crippen LogP contribution >= 0.6 is 0 Å². The molecule has 0 spiro atoms. The summed E-state index contributed by atoms with van der Waals surface area (Å²) in [5, 5.41) is 7.72. The second-order valence-corrected chi connectivity index (χ2v) is 4.20. The lowest BCUT2D eigenvalue weighted by atomic mass is 10.2. The molecule has 17 heavy (non-hydrogen) atoms. The van der Waals surface area contributed by atoms with E-state index in [1.165, 1.54) is 5.69 Å².